The van der Waals surface area contributed by atoms with Crippen LogP contribution in [0.1, 0.15) is 39.2 Å². The quantitative estimate of drug-likeness (QED) is 0.131. The molecule has 7 heteroatoms. The maximum Gasteiger partial charge on any atom is 0.338 e. The number of rotatable bonds is 9. The molecular formula is C41H41N3O4. The highest BCUT2D eigenvalue weighted by Gasteiger charge is 2.23. The molecule has 1 atom stereocenters. The first-order chi connectivity index (χ1) is 23.2. The predicted octanol–water partition coefficient (Wildman–Crippen LogP) is 7.81. The molecule has 1 heterocycles. The van der Waals surface area contributed by atoms with E-state index in [1.54, 1.807) is 26.2 Å². The van der Waals surface area contributed by atoms with Gasteiger partial charge in [0.05, 0.1) is 11.1 Å². The molecule has 1 amide bonds. The van der Waals surface area contributed by atoms with Crippen LogP contribution in [-0.2, 0) is 4.74 Å². The van der Waals surface area contributed by atoms with E-state index in [4.69, 9.17) is 4.74 Å². The zero-order valence-corrected chi connectivity index (χ0v) is 27.7. The summed E-state index contributed by atoms with van der Waals surface area (Å²) in [5.41, 5.74) is 7.36. The maximum absolute atomic E-state index is 12.9. The Hall–Kier alpha value is -5.40. The van der Waals surface area contributed by atoms with Crippen molar-refractivity contribution in [3.8, 4) is 28.0 Å². The number of amides is 1. The number of esters is 1. The number of carbonyl (C=O) groups excluding carboxylic acids is 2. The van der Waals surface area contributed by atoms with Gasteiger partial charge in [-0.25, -0.2) is 4.79 Å². The van der Waals surface area contributed by atoms with Gasteiger partial charge in [-0.2, -0.15) is 0 Å². The van der Waals surface area contributed by atoms with Gasteiger partial charge >= 0.3 is 5.97 Å². The van der Waals surface area contributed by atoms with Crippen molar-refractivity contribution in [2.75, 3.05) is 51.8 Å². The summed E-state index contributed by atoms with van der Waals surface area (Å²) in [7, 11) is 3.38. The molecule has 0 spiro atoms. The SMILES string of the molecule is C=CCOC(=O)c1ccc(N2CCN(C(C)c3ccc(-c4ccc(-c5cc(C(=O)N(C)C)c(O)c6ccccc56)cc4)cc3)CC2)cc1. The average Bonchev–Trinajstić information content (AvgIpc) is 3.14. The number of phenolic OH excluding ortho intramolecular Hbond substituents is 1. The molecule has 1 aliphatic rings. The summed E-state index contributed by atoms with van der Waals surface area (Å²) in [6.07, 6.45) is 1.56. The minimum absolute atomic E-state index is 0.0100. The van der Waals surface area contributed by atoms with Gasteiger partial charge in [-0.05, 0) is 70.5 Å². The van der Waals surface area contributed by atoms with Crippen molar-refractivity contribution in [2.24, 2.45) is 0 Å². The van der Waals surface area contributed by atoms with Crippen LogP contribution in [0.15, 0.2) is 116 Å². The van der Waals surface area contributed by atoms with E-state index in [0.717, 1.165) is 59.5 Å². The van der Waals surface area contributed by atoms with E-state index in [1.807, 2.05) is 48.5 Å². The molecule has 6 rings (SSSR count). The fourth-order valence-electron chi connectivity index (χ4n) is 6.40. The van der Waals surface area contributed by atoms with Crippen molar-refractivity contribution in [3.63, 3.8) is 0 Å². The second-order valence-electron chi connectivity index (χ2n) is 12.4. The lowest BCUT2D eigenvalue weighted by molar-refractivity contribution is 0.0549. The molecule has 1 aliphatic heterocycles. The highest BCUT2D eigenvalue weighted by atomic mass is 16.5. The van der Waals surface area contributed by atoms with Crippen LogP contribution in [0.2, 0.25) is 0 Å². The molecular weight excluding hydrogens is 598 g/mol. The number of piperazine rings is 1. The smallest absolute Gasteiger partial charge is 0.338 e. The number of hydrogen-bond donors (Lipinski definition) is 1. The third kappa shape index (κ3) is 6.68. The molecule has 0 saturated carbocycles. The lowest BCUT2D eigenvalue weighted by Crippen LogP contribution is -2.47. The topological polar surface area (TPSA) is 73.3 Å². The number of hydrogen-bond acceptors (Lipinski definition) is 6. The van der Waals surface area contributed by atoms with Crippen LogP contribution in [0.5, 0.6) is 5.75 Å². The summed E-state index contributed by atoms with van der Waals surface area (Å²) in [5.74, 6) is -0.558. The molecule has 1 N–H and O–H groups in total. The van der Waals surface area contributed by atoms with Crippen molar-refractivity contribution in [1.82, 2.24) is 9.80 Å². The lowest BCUT2D eigenvalue weighted by Gasteiger charge is -2.39. The van der Waals surface area contributed by atoms with Gasteiger partial charge in [-0.1, -0.05) is 85.5 Å². The van der Waals surface area contributed by atoms with Crippen molar-refractivity contribution in [1.29, 1.82) is 0 Å². The standard InChI is InChI=1S/C41H41N3O4/c1-5-26-48-41(47)33-18-20-34(21-19-33)44-24-22-43(23-25-44)28(2)29-10-12-30(13-11-29)31-14-16-32(17-15-31)37-27-38(40(46)42(3)4)39(45)36-9-7-6-8-35(36)37/h5-21,27-28,45H,1,22-26H2,2-4H3. The van der Waals surface area contributed by atoms with E-state index >= 15 is 0 Å². The normalized spacial score (nSPS) is 14.0. The van der Waals surface area contributed by atoms with Gasteiger partial charge in [0, 0.05) is 57.4 Å². The second-order valence-corrected chi connectivity index (χ2v) is 12.4. The van der Waals surface area contributed by atoms with Crippen LogP contribution in [0.3, 0.4) is 0 Å². The molecule has 0 bridgehead atoms. The second kappa shape index (κ2) is 14.2. The largest absolute Gasteiger partial charge is 0.506 e. The van der Waals surface area contributed by atoms with Gasteiger partial charge in [0.15, 0.2) is 0 Å². The number of anilines is 1. The highest BCUT2D eigenvalue weighted by Crippen LogP contribution is 2.38. The van der Waals surface area contributed by atoms with Crippen molar-refractivity contribution >= 4 is 28.3 Å². The third-order valence-electron chi connectivity index (χ3n) is 9.24. The van der Waals surface area contributed by atoms with E-state index in [-0.39, 0.29) is 30.3 Å². The Morgan fingerprint density at radius 1 is 0.833 bits per heavy atom. The van der Waals surface area contributed by atoms with Gasteiger partial charge in [-0.15, -0.1) is 0 Å². The molecule has 5 aromatic carbocycles. The number of carbonyl (C=O) groups is 2. The van der Waals surface area contributed by atoms with Gasteiger partial charge in [0.25, 0.3) is 5.91 Å². The highest BCUT2D eigenvalue weighted by molar-refractivity contribution is 6.09. The van der Waals surface area contributed by atoms with Crippen LogP contribution in [-0.4, -0.2) is 73.7 Å². The third-order valence-corrected chi connectivity index (χ3v) is 9.24. The molecule has 5 aromatic rings. The van der Waals surface area contributed by atoms with E-state index < -0.39 is 0 Å². The minimum atomic E-state index is -0.334. The summed E-state index contributed by atoms with van der Waals surface area (Å²) in [4.78, 5) is 31.3. The Bertz CT molecular complexity index is 1920. The number of nitrogens with zero attached hydrogens (tertiary/aromatic N) is 3. The zero-order valence-electron chi connectivity index (χ0n) is 27.7. The zero-order chi connectivity index (χ0) is 33.8. The van der Waals surface area contributed by atoms with Crippen molar-refractivity contribution in [2.45, 2.75) is 13.0 Å². The summed E-state index contributed by atoms with van der Waals surface area (Å²) in [6, 6.07) is 34.5. The van der Waals surface area contributed by atoms with E-state index in [0.29, 0.717) is 16.5 Å². The van der Waals surface area contributed by atoms with E-state index in [9.17, 15) is 14.7 Å². The molecule has 244 valence electrons. The van der Waals surface area contributed by atoms with Crippen LogP contribution in [0.25, 0.3) is 33.0 Å². The van der Waals surface area contributed by atoms with Gasteiger partial charge in [0.2, 0.25) is 0 Å². The average molecular weight is 640 g/mol. The minimum Gasteiger partial charge on any atom is -0.506 e. The number of ether oxygens (including phenoxy) is 1. The first-order valence-corrected chi connectivity index (χ1v) is 16.3. The van der Waals surface area contributed by atoms with Gasteiger partial charge < -0.3 is 19.6 Å². The predicted molar refractivity (Wildman–Crippen MR) is 194 cm³/mol. The van der Waals surface area contributed by atoms with Crippen LogP contribution >= 0.6 is 0 Å². The molecule has 0 aliphatic carbocycles. The first-order valence-electron chi connectivity index (χ1n) is 16.3. The fourth-order valence-corrected chi connectivity index (χ4v) is 6.40. The lowest BCUT2D eigenvalue weighted by atomic mass is 9.93. The Morgan fingerprint density at radius 2 is 1.42 bits per heavy atom. The summed E-state index contributed by atoms with van der Waals surface area (Å²) >= 11 is 0. The van der Waals surface area contributed by atoms with Crippen molar-refractivity contribution in [3.05, 3.63) is 132 Å². The van der Waals surface area contributed by atoms with Crippen LogP contribution < -0.4 is 4.90 Å². The van der Waals surface area contributed by atoms with Crippen LogP contribution in [0.4, 0.5) is 5.69 Å². The molecule has 1 unspecified atom stereocenters. The molecule has 48 heavy (non-hydrogen) atoms. The van der Waals surface area contributed by atoms with E-state index in [1.165, 1.54) is 10.5 Å². The monoisotopic (exact) mass is 639 g/mol. The number of fused-ring (bicyclic) bond motifs is 1. The molecule has 1 fully saturated rings. The fraction of sp³-hybridized carbons (Fsp3) is 0.220. The number of benzene rings is 5. The summed E-state index contributed by atoms with van der Waals surface area (Å²) in [5, 5.41) is 12.5. The molecule has 0 aromatic heterocycles. The van der Waals surface area contributed by atoms with Crippen LogP contribution in [0, 0.1) is 0 Å². The summed E-state index contributed by atoms with van der Waals surface area (Å²) < 4.78 is 5.14. The molecule has 7 nitrogen and oxygen atoms in total. The Labute approximate surface area is 282 Å². The number of phenols is 1. The maximum atomic E-state index is 12.9. The van der Waals surface area contributed by atoms with E-state index in [2.05, 4.69) is 71.8 Å². The molecule has 1 saturated heterocycles. The Balaban J connectivity index is 1.12. The van der Waals surface area contributed by atoms with Gasteiger partial charge in [-0.3, -0.25) is 9.69 Å². The molecule has 0 radical (unpaired) electrons. The Morgan fingerprint density at radius 3 is 2.02 bits per heavy atom. The Kier molecular flexibility index (Phi) is 9.60. The van der Waals surface area contributed by atoms with Crippen molar-refractivity contribution < 1.29 is 19.4 Å². The van der Waals surface area contributed by atoms with Gasteiger partial charge in [0.1, 0.15) is 12.4 Å². The number of aromatic hydroxyl groups is 1. The summed E-state index contributed by atoms with van der Waals surface area (Å²) in [6.45, 7) is 9.77. The first kappa shape index (κ1) is 32.5.